The molecule has 1 fully saturated rings. The van der Waals surface area contributed by atoms with Gasteiger partial charge in [0, 0.05) is 36.4 Å². The number of piperidine rings is 1. The normalized spacial score (nSPS) is 17.7. The van der Waals surface area contributed by atoms with Crippen LogP contribution < -0.4 is 15.5 Å². The van der Waals surface area contributed by atoms with Crippen LogP contribution in [-0.2, 0) is 16.0 Å². The maximum Gasteiger partial charge on any atom is 0.335 e. The van der Waals surface area contributed by atoms with Crippen LogP contribution in [0.4, 0.5) is 17.1 Å². The molecule has 3 aliphatic rings. The van der Waals surface area contributed by atoms with Gasteiger partial charge in [-0.25, -0.2) is 4.79 Å². The molecule has 1 saturated heterocycles. The molecule has 3 aromatic rings. The number of carboxylic acids is 1. The lowest BCUT2D eigenvalue weighted by Crippen LogP contribution is -2.35. The van der Waals surface area contributed by atoms with Crippen LogP contribution in [0.15, 0.2) is 66.7 Å². The minimum atomic E-state index is -1.05. The van der Waals surface area contributed by atoms with Crippen molar-refractivity contribution in [2.75, 3.05) is 41.7 Å². The van der Waals surface area contributed by atoms with E-state index >= 15 is 0 Å². The van der Waals surface area contributed by atoms with E-state index in [1.54, 1.807) is 6.07 Å². The van der Waals surface area contributed by atoms with Crippen LogP contribution in [0.25, 0.3) is 11.3 Å². The van der Waals surface area contributed by atoms with Gasteiger partial charge < -0.3 is 25.5 Å². The highest BCUT2D eigenvalue weighted by Crippen LogP contribution is 2.39. The van der Waals surface area contributed by atoms with Gasteiger partial charge in [-0.3, -0.25) is 9.59 Å². The largest absolute Gasteiger partial charge is 0.478 e. The summed E-state index contributed by atoms with van der Waals surface area (Å²) < 4.78 is 0. The number of rotatable bonds is 7. The predicted octanol–water partition coefficient (Wildman–Crippen LogP) is 5.08. The lowest BCUT2D eigenvalue weighted by molar-refractivity contribution is -0.119. The summed E-state index contributed by atoms with van der Waals surface area (Å²) in [6.45, 7) is 3.66. The number of aromatic carboxylic acids is 1. The van der Waals surface area contributed by atoms with Crippen molar-refractivity contribution in [2.45, 2.75) is 32.1 Å². The molecule has 0 aromatic heterocycles. The summed E-state index contributed by atoms with van der Waals surface area (Å²) in [6.07, 6.45) is 5.02. The Morgan fingerprint density at radius 3 is 2.48 bits per heavy atom. The number of fused-ring (bicyclic) bond motifs is 2. The van der Waals surface area contributed by atoms with E-state index in [0.717, 1.165) is 48.6 Å². The van der Waals surface area contributed by atoms with Crippen LogP contribution in [-0.4, -0.2) is 54.0 Å². The number of anilines is 3. The van der Waals surface area contributed by atoms with Gasteiger partial charge in [-0.2, -0.15) is 0 Å². The Balaban J connectivity index is 1.27. The van der Waals surface area contributed by atoms with Gasteiger partial charge in [-0.05, 0) is 73.8 Å². The first kappa shape index (κ1) is 25.8. The fourth-order valence-electron chi connectivity index (χ4n) is 5.89. The summed E-state index contributed by atoms with van der Waals surface area (Å²) in [5, 5.41) is 15.7. The van der Waals surface area contributed by atoms with Gasteiger partial charge in [0.05, 0.1) is 22.5 Å². The minimum absolute atomic E-state index is 0.114. The zero-order valence-corrected chi connectivity index (χ0v) is 22.3. The summed E-state index contributed by atoms with van der Waals surface area (Å²) in [7, 11) is 0. The van der Waals surface area contributed by atoms with E-state index < -0.39 is 5.97 Å². The average Bonchev–Trinajstić information content (AvgIpc) is 3.55. The molecule has 0 aliphatic carbocycles. The van der Waals surface area contributed by atoms with E-state index in [-0.39, 0.29) is 17.4 Å². The SMILES string of the molecule is O=C1Nc2cc(C(=O)O)ccc2/C1=C(/Nc1ccc2c(c1)CCN2C(=O)CCN1CCCCC1)c1ccccc1. The fourth-order valence-corrected chi connectivity index (χ4v) is 5.89. The van der Waals surface area contributed by atoms with Crippen LogP contribution in [0.1, 0.15) is 52.7 Å². The number of hydrogen-bond donors (Lipinski definition) is 3. The van der Waals surface area contributed by atoms with Gasteiger partial charge in [-0.15, -0.1) is 0 Å². The number of nitrogens with one attached hydrogen (secondary N) is 2. The highest BCUT2D eigenvalue weighted by molar-refractivity contribution is 6.37. The highest BCUT2D eigenvalue weighted by Gasteiger charge is 2.30. The molecule has 0 atom stereocenters. The number of amides is 2. The fraction of sp³-hybridized carbons (Fsp3) is 0.281. The first-order valence-electron chi connectivity index (χ1n) is 13.9. The summed E-state index contributed by atoms with van der Waals surface area (Å²) in [4.78, 5) is 42.0. The second kappa shape index (κ2) is 11.0. The summed E-state index contributed by atoms with van der Waals surface area (Å²) in [5.74, 6) is -1.18. The second-order valence-electron chi connectivity index (χ2n) is 10.6. The number of hydrogen-bond acceptors (Lipinski definition) is 5. The first-order valence-corrected chi connectivity index (χ1v) is 13.9. The van der Waals surface area contributed by atoms with Crippen molar-refractivity contribution in [3.05, 3.63) is 89.0 Å². The van der Waals surface area contributed by atoms with Crippen molar-refractivity contribution in [1.82, 2.24) is 4.90 Å². The Bertz CT molecular complexity index is 1510. The van der Waals surface area contributed by atoms with Gasteiger partial charge in [0.1, 0.15) is 0 Å². The Morgan fingerprint density at radius 2 is 1.70 bits per heavy atom. The third kappa shape index (κ3) is 5.10. The number of carboxylic acid groups (broad SMARTS) is 1. The minimum Gasteiger partial charge on any atom is -0.478 e. The summed E-state index contributed by atoms with van der Waals surface area (Å²) in [5.41, 5.74) is 6.01. The number of likely N-dealkylation sites (tertiary alicyclic amines) is 1. The number of nitrogens with zero attached hydrogens (tertiary/aromatic N) is 2. The van der Waals surface area contributed by atoms with E-state index in [9.17, 15) is 19.5 Å². The standard InChI is InChI=1S/C32H32N4O4/c37-28(14-17-35-15-5-2-6-16-35)36-18-13-22-19-24(10-12-27(22)36)33-30(21-7-3-1-4-8-21)29-25-11-9-23(32(39)40)20-26(25)34-31(29)38/h1,3-4,7-12,19-20,33H,2,5-6,13-18H2,(H,34,38)(H,39,40)/b30-29-. The summed E-state index contributed by atoms with van der Waals surface area (Å²) >= 11 is 0. The van der Waals surface area contributed by atoms with Crippen molar-refractivity contribution in [3.8, 4) is 0 Å². The number of carbonyl (C=O) groups is 3. The first-order chi connectivity index (χ1) is 19.5. The third-order valence-corrected chi connectivity index (χ3v) is 7.96. The quantitative estimate of drug-likeness (QED) is 0.364. The topological polar surface area (TPSA) is 102 Å². The molecule has 3 heterocycles. The Labute approximate surface area is 233 Å². The lowest BCUT2D eigenvalue weighted by atomic mass is 9.99. The summed E-state index contributed by atoms with van der Waals surface area (Å²) in [6, 6.07) is 20.3. The Kier molecular flexibility index (Phi) is 7.09. The van der Waals surface area contributed by atoms with Crippen molar-refractivity contribution < 1.29 is 19.5 Å². The molecule has 8 heteroatoms. The third-order valence-electron chi connectivity index (χ3n) is 7.96. The maximum atomic E-state index is 13.2. The Morgan fingerprint density at radius 1 is 0.900 bits per heavy atom. The van der Waals surface area contributed by atoms with Crippen molar-refractivity contribution >= 4 is 46.1 Å². The predicted molar refractivity (Wildman–Crippen MR) is 156 cm³/mol. The van der Waals surface area contributed by atoms with Crippen LogP contribution in [0.2, 0.25) is 0 Å². The molecule has 0 saturated carbocycles. The van der Waals surface area contributed by atoms with Crippen molar-refractivity contribution in [1.29, 1.82) is 0 Å². The Hall–Kier alpha value is -4.43. The van der Waals surface area contributed by atoms with Gasteiger partial charge in [-0.1, -0.05) is 42.8 Å². The monoisotopic (exact) mass is 536 g/mol. The van der Waals surface area contributed by atoms with Gasteiger partial charge in [0.25, 0.3) is 5.91 Å². The molecular formula is C32H32N4O4. The van der Waals surface area contributed by atoms with E-state index in [1.807, 2.05) is 47.4 Å². The zero-order valence-electron chi connectivity index (χ0n) is 22.3. The number of benzene rings is 3. The molecule has 0 unspecified atom stereocenters. The van der Waals surface area contributed by atoms with Crippen LogP contribution in [0.3, 0.4) is 0 Å². The highest BCUT2D eigenvalue weighted by atomic mass is 16.4. The van der Waals surface area contributed by atoms with E-state index in [4.69, 9.17) is 0 Å². The van der Waals surface area contributed by atoms with E-state index in [1.165, 1.54) is 31.4 Å². The molecule has 2 amide bonds. The van der Waals surface area contributed by atoms with Gasteiger partial charge >= 0.3 is 5.97 Å². The van der Waals surface area contributed by atoms with Crippen molar-refractivity contribution in [3.63, 3.8) is 0 Å². The molecular weight excluding hydrogens is 504 g/mol. The molecule has 3 aromatic carbocycles. The van der Waals surface area contributed by atoms with Crippen LogP contribution in [0.5, 0.6) is 0 Å². The van der Waals surface area contributed by atoms with E-state index in [0.29, 0.717) is 35.5 Å². The van der Waals surface area contributed by atoms with Crippen LogP contribution in [0, 0.1) is 0 Å². The molecule has 204 valence electrons. The lowest BCUT2D eigenvalue weighted by Gasteiger charge is -2.27. The molecule has 6 rings (SSSR count). The van der Waals surface area contributed by atoms with Gasteiger partial charge in [0.15, 0.2) is 0 Å². The average molecular weight is 537 g/mol. The molecule has 0 radical (unpaired) electrons. The van der Waals surface area contributed by atoms with Crippen LogP contribution >= 0.6 is 0 Å². The molecule has 3 N–H and O–H groups in total. The zero-order chi connectivity index (χ0) is 27.6. The molecule has 40 heavy (non-hydrogen) atoms. The number of carbonyl (C=O) groups excluding carboxylic acids is 2. The van der Waals surface area contributed by atoms with E-state index in [2.05, 4.69) is 21.6 Å². The molecule has 0 bridgehead atoms. The molecule has 3 aliphatic heterocycles. The smallest absolute Gasteiger partial charge is 0.335 e. The maximum absolute atomic E-state index is 13.2. The van der Waals surface area contributed by atoms with Crippen molar-refractivity contribution in [2.24, 2.45) is 0 Å². The molecule has 8 nitrogen and oxygen atoms in total. The van der Waals surface area contributed by atoms with Gasteiger partial charge in [0.2, 0.25) is 5.91 Å². The second-order valence-corrected chi connectivity index (χ2v) is 10.6. The molecule has 0 spiro atoms.